The smallest absolute Gasteiger partial charge is 0.191 e. The van der Waals surface area contributed by atoms with Crippen LogP contribution in [0.4, 0.5) is 8.78 Å². The third kappa shape index (κ3) is 4.16. The molecular weight excluding hydrogens is 380 g/mol. The molecule has 3 aromatic rings. The highest BCUT2D eigenvalue weighted by atomic mass is 35.5. The Morgan fingerprint density at radius 3 is 2.69 bits per heavy atom. The molecule has 0 bridgehead atoms. The molecule has 3 rings (SSSR count). The Bertz CT molecular complexity index is 919. The molecule has 0 fully saturated rings. The van der Waals surface area contributed by atoms with Crippen molar-refractivity contribution in [1.82, 2.24) is 14.8 Å². The van der Waals surface area contributed by atoms with E-state index in [1.807, 2.05) is 31.3 Å². The topological polar surface area (TPSA) is 39.9 Å². The van der Waals surface area contributed by atoms with E-state index in [0.717, 1.165) is 17.7 Å². The molecule has 0 amide bonds. The van der Waals surface area contributed by atoms with Crippen LogP contribution in [0, 0.1) is 11.6 Å². The van der Waals surface area contributed by atoms with Gasteiger partial charge in [-0.15, -0.1) is 10.2 Å². The summed E-state index contributed by atoms with van der Waals surface area (Å²) in [5, 5.41) is 9.68. The van der Waals surface area contributed by atoms with Crippen LogP contribution < -0.4 is 4.74 Å². The fourth-order valence-electron chi connectivity index (χ4n) is 2.38. The normalized spacial score (nSPS) is 12.2. The summed E-state index contributed by atoms with van der Waals surface area (Å²) in [5.41, 5.74) is 1.00. The van der Waals surface area contributed by atoms with Gasteiger partial charge in [0.25, 0.3) is 0 Å². The monoisotopic (exact) mass is 395 g/mol. The minimum atomic E-state index is -0.757. The van der Waals surface area contributed by atoms with Crippen LogP contribution >= 0.6 is 23.4 Å². The SMILES string of the molecule is CC(Oc1ccc(F)cc1F)c1nnc(SCc2ccccc2Cl)n1C. The van der Waals surface area contributed by atoms with Crippen LogP contribution in [-0.2, 0) is 12.8 Å². The van der Waals surface area contributed by atoms with Crippen molar-refractivity contribution < 1.29 is 13.5 Å². The number of ether oxygens (including phenoxy) is 1. The number of thioether (sulfide) groups is 1. The number of rotatable bonds is 6. The average Bonchev–Trinajstić information content (AvgIpc) is 2.97. The lowest BCUT2D eigenvalue weighted by molar-refractivity contribution is 0.201. The Labute approximate surface area is 159 Å². The number of hydrogen-bond donors (Lipinski definition) is 0. The third-order valence-electron chi connectivity index (χ3n) is 3.74. The van der Waals surface area contributed by atoms with Crippen LogP contribution in [0.15, 0.2) is 47.6 Å². The molecule has 2 aromatic carbocycles. The summed E-state index contributed by atoms with van der Waals surface area (Å²) in [5.74, 6) is -0.262. The van der Waals surface area contributed by atoms with Crippen molar-refractivity contribution in [2.45, 2.75) is 23.9 Å². The number of aromatic nitrogens is 3. The molecule has 0 radical (unpaired) electrons. The van der Waals surface area contributed by atoms with Gasteiger partial charge in [-0.1, -0.05) is 41.6 Å². The summed E-state index contributed by atoms with van der Waals surface area (Å²) in [6.45, 7) is 1.73. The average molecular weight is 396 g/mol. The van der Waals surface area contributed by atoms with Crippen molar-refractivity contribution in [1.29, 1.82) is 0 Å². The van der Waals surface area contributed by atoms with Gasteiger partial charge in [0.1, 0.15) is 5.82 Å². The largest absolute Gasteiger partial charge is 0.480 e. The minimum Gasteiger partial charge on any atom is -0.480 e. The van der Waals surface area contributed by atoms with E-state index >= 15 is 0 Å². The number of halogens is 3. The Kier molecular flexibility index (Phi) is 5.78. The fourth-order valence-corrected chi connectivity index (χ4v) is 3.58. The summed E-state index contributed by atoms with van der Waals surface area (Å²) in [7, 11) is 1.81. The highest BCUT2D eigenvalue weighted by molar-refractivity contribution is 7.98. The first-order valence-corrected chi connectivity index (χ1v) is 9.19. The molecule has 1 atom stereocenters. The quantitative estimate of drug-likeness (QED) is 0.539. The maximum absolute atomic E-state index is 13.8. The lowest BCUT2D eigenvalue weighted by atomic mass is 10.2. The Balaban J connectivity index is 1.70. The molecule has 1 aromatic heterocycles. The number of nitrogens with zero attached hydrogens (tertiary/aromatic N) is 3. The molecule has 0 aliphatic rings. The Hall–Kier alpha value is -2.12. The molecule has 1 unspecified atom stereocenters. The Morgan fingerprint density at radius 1 is 1.19 bits per heavy atom. The number of benzene rings is 2. The highest BCUT2D eigenvalue weighted by Crippen LogP contribution is 2.28. The minimum absolute atomic E-state index is 0.0350. The maximum atomic E-state index is 13.8. The molecule has 4 nitrogen and oxygen atoms in total. The zero-order valence-corrected chi connectivity index (χ0v) is 15.7. The van der Waals surface area contributed by atoms with Crippen LogP contribution in [0.1, 0.15) is 24.4 Å². The molecule has 0 aliphatic heterocycles. The molecular formula is C18H16ClF2N3OS. The highest BCUT2D eigenvalue weighted by Gasteiger charge is 2.19. The standard InChI is InChI=1S/C18H16ClF2N3OS/c1-11(25-16-8-7-13(20)9-15(16)21)17-22-23-18(24(17)2)26-10-12-5-3-4-6-14(12)19/h3-9,11H,10H2,1-2H3. The summed E-state index contributed by atoms with van der Waals surface area (Å²) in [4.78, 5) is 0. The molecule has 136 valence electrons. The van der Waals surface area contributed by atoms with Crippen LogP contribution in [-0.4, -0.2) is 14.8 Å². The van der Waals surface area contributed by atoms with Crippen molar-refractivity contribution in [3.05, 3.63) is 70.5 Å². The van der Waals surface area contributed by atoms with Crippen molar-refractivity contribution in [3.63, 3.8) is 0 Å². The summed E-state index contributed by atoms with van der Waals surface area (Å²) in [6, 6.07) is 10.8. The molecule has 0 N–H and O–H groups in total. The molecule has 1 heterocycles. The van der Waals surface area contributed by atoms with E-state index in [0.29, 0.717) is 21.8 Å². The lowest BCUT2D eigenvalue weighted by Crippen LogP contribution is -2.11. The van der Waals surface area contributed by atoms with Gasteiger partial charge in [0.2, 0.25) is 0 Å². The second-order valence-corrected chi connectivity index (χ2v) is 6.96. The lowest BCUT2D eigenvalue weighted by Gasteiger charge is -2.14. The summed E-state index contributed by atoms with van der Waals surface area (Å²) >= 11 is 7.65. The van der Waals surface area contributed by atoms with Gasteiger partial charge < -0.3 is 9.30 Å². The van der Waals surface area contributed by atoms with Crippen molar-refractivity contribution in [3.8, 4) is 5.75 Å². The van der Waals surface area contributed by atoms with Gasteiger partial charge in [-0.25, -0.2) is 8.78 Å². The third-order valence-corrected chi connectivity index (χ3v) is 5.18. The molecule has 0 aliphatic carbocycles. The van der Waals surface area contributed by atoms with E-state index in [2.05, 4.69) is 10.2 Å². The molecule has 0 spiro atoms. The van der Waals surface area contributed by atoms with Gasteiger partial charge in [-0.05, 0) is 30.7 Å². The first kappa shape index (κ1) is 18.7. The van der Waals surface area contributed by atoms with Crippen LogP contribution in [0.5, 0.6) is 5.75 Å². The van der Waals surface area contributed by atoms with Crippen LogP contribution in [0.2, 0.25) is 5.02 Å². The van der Waals surface area contributed by atoms with E-state index in [4.69, 9.17) is 16.3 Å². The first-order chi connectivity index (χ1) is 12.5. The predicted molar refractivity (Wildman–Crippen MR) is 97.4 cm³/mol. The van der Waals surface area contributed by atoms with Crippen LogP contribution in [0.3, 0.4) is 0 Å². The van der Waals surface area contributed by atoms with Gasteiger partial charge in [0, 0.05) is 23.9 Å². The zero-order valence-electron chi connectivity index (χ0n) is 14.1. The number of hydrogen-bond acceptors (Lipinski definition) is 4. The fraction of sp³-hybridized carbons (Fsp3) is 0.222. The van der Waals surface area contributed by atoms with Gasteiger partial charge in [0.15, 0.2) is 28.7 Å². The van der Waals surface area contributed by atoms with Gasteiger partial charge in [0.05, 0.1) is 0 Å². The summed E-state index contributed by atoms with van der Waals surface area (Å²) < 4.78 is 34.1. The molecule has 26 heavy (non-hydrogen) atoms. The second kappa shape index (κ2) is 8.05. The maximum Gasteiger partial charge on any atom is 0.191 e. The Morgan fingerprint density at radius 2 is 1.96 bits per heavy atom. The van der Waals surface area contributed by atoms with E-state index < -0.39 is 17.7 Å². The van der Waals surface area contributed by atoms with Gasteiger partial charge in [-0.3, -0.25) is 0 Å². The molecule has 8 heteroatoms. The molecule has 0 saturated carbocycles. The van der Waals surface area contributed by atoms with Gasteiger partial charge >= 0.3 is 0 Å². The second-order valence-electron chi connectivity index (χ2n) is 5.61. The summed E-state index contributed by atoms with van der Waals surface area (Å²) in [6.07, 6.45) is -0.554. The molecule has 0 saturated heterocycles. The van der Waals surface area contributed by atoms with Gasteiger partial charge in [-0.2, -0.15) is 0 Å². The van der Waals surface area contributed by atoms with Crippen molar-refractivity contribution in [2.75, 3.05) is 0 Å². The van der Waals surface area contributed by atoms with E-state index in [1.165, 1.54) is 17.8 Å². The van der Waals surface area contributed by atoms with Crippen molar-refractivity contribution >= 4 is 23.4 Å². The van der Waals surface area contributed by atoms with E-state index in [-0.39, 0.29) is 5.75 Å². The predicted octanol–water partition coefficient (Wildman–Crippen LogP) is 5.18. The van der Waals surface area contributed by atoms with Crippen LogP contribution in [0.25, 0.3) is 0 Å². The van der Waals surface area contributed by atoms with Crippen molar-refractivity contribution in [2.24, 2.45) is 7.05 Å². The zero-order chi connectivity index (χ0) is 18.7. The first-order valence-electron chi connectivity index (χ1n) is 7.83. The van der Waals surface area contributed by atoms with E-state index in [1.54, 1.807) is 11.5 Å². The van der Waals surface area contributed by atoms with E-state index in [9.17, 15) is 8.78 Å².